The minimum Gasteiger partial charge on any atom is -0.212 e. The number of rotatable bonds is 2. The lowest BCUT2D eigenvalue weighted by molar-refractivity contribution is 0.476. The van der Waals surface area contributed by atoms with Crippen molar-refractivity contribution in [3.63, 3.8) is 0 Å². The lowest BCUT2D eigenvalue weighted by atomic mass is 9.99. The lowest BCUT2D eigenvalue weighted by Gasteiger charge is -2.19. The summed E-state index contributed by atoms with van der Waals surface area (Å²) in [4.78, 5) is 4.53. The first-order valence-corrected chi connectivity index (χ1v) is 7.44. The van der Waals surface area contributed by atoms with Crippen molar-refractivity contribution in [3.05, 3.63) is 29.2 Å². The van der Waals surface area contributed by atoms with Crippen molar-refractivity contribution in [1.82, 2.24) is 14.6 Å². The zero-order valence-electron chi connectivity index (χ0n) is 9.47. The molecule has 0 N–H and O–H groups in total. The molecule has 1 fully saturated rings. The molecule has 90 valence electrons. The number of thioether (sulfide) groups is 1. The third kappa shape index (κ3) is 2.43. The summed E-state index contributed by atoms with van der Waals surface area (Å²) in [5.74, 6) is 4.22. The van der Waals surface area contributed by atoms with E-state index in [-0.39, 0.29) is 0 Å². The second-order valence-electron chi connectivity index (χ2n) is 4.41. The highest BCUT2D eigenvalue weighted by atomic mass is 35.5. The molecule has 3 nitrogen and oxygen atoms in total. The van der Waals surface area contributed by atoms with Crippen LogP contribution < -0.4 is 0 Å². The first-order valence-electron chi connectivity index (χ1n) is 5.91. The zero-order chi connectivity index (χ0) is 11.7. The number of hydrogen-bond acceptors (Lipinski definition) is 3. The van der Waals surface area contributed by atoms with Crippen LogP contribution in [-0.2, 0) is 6.42 Å². The number of halogens is 1. The number of fused-ring (bicyclic) bond motifs is 1. The van der Waals surface area contributed by atoms with Gasteiger partial charge in [-0.15, -0.1) is 5.10 Å². The molecule has 3 heterocycles. The fraction of sp³-hybridized carbons (Fsp3) is 0.500. The molecule has 0 spiro atoms. The van der Waals surface area contributed by atoms with Crippen LogP contribution >= 0.6 is 23.4 Å². The quantitative estimate of drug-likeness (QED) is 0.784. The Morgan fingerprint density at radius 2 is 2.18 bits per heavy atom. The molecule has 0 bridgehead atoms. The Balaban J connectivity index is 1.83. The molecule has 0 atom stereocenters. The molecule has 0 aliphatic carbocycles. The third-order valence-electron chi connectivity index (χ3n) is 3.17. The highest BCUT2D eigenvalue weighted by Gasteiger charge is 2.17. The van der Waals surface area contributed by atoms with E-state index < -0.39 is 0 Å². The third-order valence-corrected chi connectivity index (χ3v) is 4.50. The van der Waals surface area contributed by atoms with Crippen LogP contribution in [0.15, 0.2) is 18.2 Å². The first-order chi connectivity index (χ1) is 8.33. The zero-order valence-corrected chi connectivity index (χ0v) is 11.0. The molecule has 0 amide bonds. The number of pyridine rings is 1. The van der Waals surface area contributed by atoms with Gasteiger partial charge in [-0.1, -0.05) is 17.7 Å². The van der Waals surface area contributed by atoms with Crippen molar-refractivity contribution in [2.45, 2.75) is 19.3 Å². The smallest absolute Gasteiger partial charge is 0.157 e. The number of aromatic nitrogens is 3. The molecule has 0 radical (unpaired) electrons. The van der Waals surface area contributed by atoms with Crippen LogP contribution in [-0.4, -0.2) is 26.1 Å². The van der Waals surface area contributed by atoms with Gasteiger partial charge in [0.1, 0.15) is 5.15 Å². The first kappa shape index (κ1) is 11.4. The van der Waals surface area contributed by atoms with Crippen molar-refractivity contribution in [3.8, 4) is 0 Å². The monoisotopic (exact) mass is 267 g/mol. The van der Waals surface area contributed by atoms with E-state index in [0.29, 0.717) is 5.15 Å². The minimum atomic E-state index is 0.625. The van der Waals surface area contributed by atoms with Crippen molar-refractivity contribution in [2.24, 2.45) is 5.92 Å². The van der Waals surface area contributed by atoms with E-state index in [9.17, 15) is 0 Å². The van der Waals surface area contributed by atoms with E-state index in [4.69, 9.17) is 11.6 Å². The van der Waals surface area contributed by atoms with E-state index in [2.05, 4.69) is 10.1 Å². The maximum Gasteiger partial charge on any atom is 0.157 e. The molecule has 0 saturated carbocycles. The second-order valence-corrected chi connectivity index (χ2v) is 6.02. The topological polar surface area (TPSA) is 30.2 Å². The van der Waals surface area contributed by atoms with Crippen molar-refractivity contribution in [2.75, 3.05) is 11.5 Å². The molecule has 3 rings (SSSR count). The molecule has 17 heavy (non-hydrogen) atoms. The Morgan fingerprint density at radius 3 is 2.94 bits per heavy atom. The highest BCUT2D eigenvalue weighted by Crippen LogP contribution is 2.25. The Bertz CT molecular complexity index is 519. The van der Waals surface area contributed by atoms with Crippen LogP contribution in [0.4, 0.5) is 0 Å². The Labute approximate surface area is 110 Å². The molecule has 1 aliphatic heterocycles. The minimum absolute atomic E-state index is 0.625. The van der Waals surface area contributed by atoms with Gasteiger partial charge in [0.15, 0.2) is 11.5 Å². The fourth-order valence-electron chi connectivity index (χ4n) is 2.21. The highest BCUT2D eigenvalue weighted by molar-refractivity contribution is 7.99. The predicted octanol–water partition coefficient (Wildman–Crippen LogP) is 3.07. The van der Waals surface area contributed by atoms with Crippen molar-refractivity contribution < 1.29 is 0 Å². The van der Waals surface area contributed by atoms with E-state index >= 15 is 0 Å². The summed E-state index contributed by atoms with van der Waals surface area (Å²) < 4.78 is 1.72. The second kappa shape index (κ2) is 4.86. The van der Waals surface area contributed by atoms with E-state index in [1.54, 1.807) is 4.52 Å². The SMILES string of the molecule is Clc1cccc2nc(CC3CCSCC3)nn12. The van der Waals surface area contributed by atoms with Crippen LogP contribution in [0.5, 0.6) is 0 Å². The molecular formula is C12H14ClN3S. The summed E-state index contributed by atoms with van der Waals surface area (Å²) in [6.07, 6.45) is 3.56. The van der Waals surface area contributed by atoms with Gasteiger partial charge in [0.05, 0.1) is 0 Å². The Morgan fingerprint density at radius 1 is 1.35 bits per heavy atom. The van der Waals surface area contributed by atoms with Crippen molar-refractivity contribution >= 4 is 29.0 Å². The van der Waals surface area contributed by atoms with E-state index in [0.717, 1.165) is 23.8 Å². The van der Waals surface area contributed by atoms with Gasteiger partial charge in [-0.05, 0) is 42.4 Å². The Hall–Kier alpha value is -0.740. The van der Waals surface area contributed by atoms with Crippen LogP contribution in [0.3, 0.4) is 0 Å². The number of hydrogen-bond donors (Lipinski definition) is 0. The molecular weight excluding hydrogens is 254 g/mol. The normalized spacial score (nSPS) is 17.7. The summed E-state index contributed by atoms with van der Waals surface area (Å²) in [6.45, 7) is 0. The molecule has 0 unspecified atom stereocenters. The lowest BCUT2D eigenvalue weighted by Crippen LogP contribution is -2.13. The maximum atomic E-state index is 6.07. The Kier molecular flexibility index (Phi) is 3.25. The summed E-state index contributed by atoms with van der Waals surface area (Å²) >= 11 is 8.12. The van der Waals surface area contributed by atoms with E-state index in [1.807, 2.05) is 30.0 Å². The molecule has 1 saturated heterocycles. The van der Waals surface area contributed by atoms with Gasteiger partial charge in [0.25, 0.3) is 0 Å². The average molecular weight is 268 g/mol. The van der Waals surface area contributed by atoms with Crippen LogP contribution in [0, 0.1) is 5.92 Å². The van der Waals surface area contributed by atoms with Crippen LogP contribution in [0.25, 0.3) is 5.65 Å². The number of nitrogens with zero attached hydrogens (tertiary/aromatic N) is 3. The predicted molar refractivity (Wildman–Crippen MR) is 71.8 cm³/mol. The molecule has 5 heteroatoms. The average Bonchev–Trinajstić information content (AvgIpc) is 2.74. The van der Waals surface area contributed by atoms with Gasteiger partial charge in [-0.3, -0.25) is 0 Å². The van der Waals surface area contributed by atoms with Crippen molar-refractivity contribution in [1.29, 1.82) is 0 Å². The summed E-state index contributed by atoms with van der Waals surface area (Å²) in [7, 11) is 0. The summed E-state index contributed by atoms with van der Waals surface area (Å²) in [5.41, 5.74) is 0.845. The van der Waals surface area contributed by atoms with Gasteiger partial charge in [-0.2, -0.15) is 11.8 Å². The van der Waals surface area contributed by atoms with Crippen LogP contribution in [0.2, 0.25) is 5.15 Å². The largest absolute Gasteiger partial charge is 0.212 e. The molecule has 1 aliphatic rings. The van der Waals surface area contributed by atoms with Gasteiger partial charge >= 0.3 is 0 Å². The fourth-order valence-corrected chi connectivity index (χ4v) is 3.61. The molecule has 0 aromatic carbocycles. The van der Waals surface area contributed by atoms with Gasteiger partial charge < -0.3 is 0 Å². The molecule has 2 aromatic heterocycles. The standard InChI is InChI=1S/C12H14ClN3S/c13-10-2-1-3-12-14-11(15-16(10)12)8-9-4-6-17-7-5-9/h1-3,9H,4-8H2. The van der Waals surface area contributed by atoms with Gasteiger partial charge in [0.2, 0.25) is 0 Å². The van der Waals surface area contributed by atoms with E-state index in [1.165, 1.54) is 24.3 Å². The van der Waals surface area contributed by atoms with Gasteiger partial charge in [-0.25, -0.2) is 9.50 Å². The van der Waals surface area contributed by atoms with Gasteiger partial charge in [0, 0.05) is 6.42 Å². The maximum absolute atomic E-state index is 6.07. The van der Waals surface area contributed by atoms with Crippen LogP contribution in [0.1, 0.15) is 18.7 Å². The summed E-state index contributed by atoms with van der Waals surface area (Å²) in [5, 5.41) is 5.10. The summed E-state index contributed by atoms with van der Waals surface area (Å²) in [6, 6.07) is 5.69. The molecule has 2 aromatic rings.